The molecule has 1 unspecified atom stereocenters. The number of H-pyrrole nitrogens is 1. The topological polar surface area (TPSA) is 90.5 Å². The molecule has 2 fully saturated rings. The molecule has 10 heteroatoms. The molecule has 182 valence electrons. The average molecular weight is 492 g/mol. The molecule has 2 aliphatic heterocycles. The molecule has 0 bridgehead atoms. The highest BCUT2D eigenvalue weighted by Gasteiger charge is 2.28. The molecule has 1 aromatic carbocycles. The highest BCUT2D eigenvalue weighted by Crippen LogP contribution is 2.36. The van der Waals surface area contributed by atoms with Crippen molar-refractivity contribution in [3.8, 4) is 11.4 Å². The van der Waals surface area contributed by atoms with Gasteiger partial charge in [-0.15, -0.1) is 11.3 Å². The van der Waals surface area contributed by atoms with E-state index in [1.807, 2.05) is 30.3 Å². The number of likely N-dealkylation sites (tertiary alicyclic amines) is 1. The summed E-state index contributed by atoms with van der Waals surface area (Å²) in [7, 11) is 1.90. The van der Waals surface area contributed by atoms with Gasteiger partial charge in [-0.2, -0.15) is 5.10 Å². The third-order valence-electron chi connectivity index (χ3n) is 7.11. The Bertz CT molecular complexity index is 1380. The normalized spacial score (nSPS) is 19.1. The summed E-state index contributed by atoms with van der Waals surface area (Å²) in [5.74, 6) is 1.84. The Morgan fingerprint density at radius 1 is 1.26 bits per heavy atom. The van der Waals surface area contributed by atoms with Gasteiger partial charge in [-0.05, 0) is 18.6 Å². The third-order valence-corrected chi connectivity index (χ3v) is 8.22. The molecule has 2 aliphatic rings. The van der Waals surface area contributed by atoms with Gasteiger partial charge in [-0.3, -0.25) is 14.8 Å². The number of hydrogen-bond acceptors (Lipinski definition) is 8. The van der Waals surface area contributed by atoms with E-state index in [9.17, 15) is 4.79 Å². The molecule has 1 atom stereocenters. The molecule has 1 N–H and O–H groups in total. The largest absolute Gasteiger partial charge is 0.378 e. The predicted molar refractivity (Wildman–Crippen MR) is 138 cm³/mol. The number of carbonyl (C=O) groups is 1. The number of nitrogens with one attached hydrogen (secondary N) is 1. The Morgan fingerprint density at radius 3 is 2.94 bits per heavy atom. The number of benzene rings is 1. The molecule has 0 saturated carbocycles. The van der Waals surface area contributed by atoms with Crippen LogP contribution in [0.15, 0.2) is 30.5 Å². The van der Waals surface area contributed by atoms with Gasteiger partial charge in [0.05, 0.1) is 35.1 Å². The van der Waals surface area contributed by atoms with Gasteiger partial charge in [0.1, 0.15) is 0 Å². The number of aromatic amines is 1. The van der Waals surface area contributed by atoms with Crippen molar-refractivity contribution in [1.82, 2.24) is 30.0 Å². The lowest BCUT2D eigenvalue weighted by molar-refractivity contribution is -0.129. The quantitative estimate of drug-likeness (QED) is 0.459. The first kappa shape index (κ1) is 22.4. The van der Waals surface area contributed by atoms with Crippen LogP contribution in [-0.4, -0.2) is 88.4 Å². The average Bonchev–Trinajstić information content (AvgIpc) is 3.62. The second kappa shape index (κ2) is 9.18. The Hall–Kier alpha value is -3.08. The minimum absolute atomic E-state index is 0.129. The standard InChI is InChI=1S/C25H29N7O2S/c1-16(33)30(2)17-6-7-31(14-17)15-18-12-22-23(35-18)25(32-8-10-34-11-9-32)28-24(27-22)19-4-3-5-21-20(19)13-26-29-21/h3-5,12-13,17H,6-11,14-15H2,1-2H3,(H,26,29). The first-order valence-electron chi connectivity index (χ1n) is 12.1. The third kappa shape index (κ3) is 4.26. The Labute approximate surface area is 207 Å². The predicted octanol–water partition coefficient (Wildman–Crippen LogP) is 3.12. The van der Waals surface area contributed by atoms with E-state index in [1.165, 1.54) is 4.88 Å². The number of likely N-dealkylation sites (N-methyl/N-ethyl adjacent to an activating group) is 1. The number of hydrogen-bond donors (Lipinski definition) is 1. The minimum Gasteiger partial charge on any atom is -0.378 e. The molecule has 0 aliphatic carbocycles. The highest BCUT2D eigenvalue weighted by atomic mass is 32.1. The fourth-order valence-electron chi connectivity index (χ4n) is 5.06. The second-order valence-electron chi connectivity index (χ2n) is 9.34. The summed E-state index contributed by atoms with van der Waals surface area (Å²) in [6.07, 6.45) is 2.85. The van der Waals surface area contributed by atoms with E-state index in [1.54, 1.807) is 18.3 Å². The smallest absolute Gasteiger partial charge is 0.219 e. The number of morpholine rings is 1. The first-order valence-corrected chi connectivity index (χ1v) is 12.9. The van der Waals surface area contributed by atoms with Crippen molar-refractivity contribution >= 4 is 44.2 Å². The lowest BCUT2D eigenvalue weighted by atomic mass is 10.1. The van der Waals surface area contributed by atoms with E-state index in [0.29, 0.717) is 13.2 Å². The lowest BCUT2D eigenvalue weighted by Gasteiger charge is -2.28. The number of carbonyl (C=O) groups excluding carboxylic acids is 1. The van der Waals surface area contributed by atoms with Gasteiger partial charge < -0.3 is 14.5 Å². The van der Waals surface area contributed by atoms with Gasteiger partial charge in [0.25, 0.3) is 0 Å². The fraction of sp³-hybridized carbons (Fsp3) is 0.440. The Kier molecular flexibility index (Phi) is 5.87. The van der Waals surface area contributed by atoms with E-state index in [0.717, 1.165) is 77.5 Å². The number of amides is 1. The molecule has 0 radical (unpaired) electrons. The van der Waals surface area contributed by atoms with E-state index >= 15 is 0 Å². The van der Waals surface area contributed by atoms with Crippen LogP contribution in [0.25, 0.3) is 32.5 Å². The highest BCUT2D eigenvalue weighted by molar-refractivity contribution is 7.19. The maximum absolute atomic E-state index is 11.8. The zero-order chi connectivity index (χ0) is 23.9. The van der Waals surface area contributed by atoms with Crippen molar-refractivity contribution in [1.29, 1.82) is 0 Å². The van der Waals surface area contributed by atoms with Crippen LogP contribution in [0, 0.1) is 0 Å². The molecule has 6 rings (SSSR count). The number of thiophene rings is 1. The van der Waals surface area contributed by atoms with Crippen LogP contribution in [0.3, 0.4) is 0 Å². The monoisotopic (exact) mass is 491 g/mol. The van der Waals surface area contributed by atoms with E-state index in [4.69, 9.17) is 14.7 Å². The van der Waals surface area contributed by atoms with E-state index in [2.05, 4.69) is 32.1 Å². The van der Waals surface area contributed by atoms with E-state index < -0.39 is 0 Å². The van der Waals surface area contributed by atoms with Crippen molar-refractivity contribution in [2.45, 2.75) is 25.9 Å². The number of anilines is 1. The maximum atomic E-state index is 11.8. The summed E-state index contributed by atoms with van der Waals surface area (Å²) in [6.45, 7) is 7.44. The summed E-state index contributed by atoms with van der Waals surface area (Å²) in [5.41, 5.74) is 2.94. The molecular formula is C25H29N7O2S. The molecule has 1 amide bonds. The molecule has 5 heterocycles. The van der Waals surface area contributed by atoms with Crippen LogP contribution >= 0.6 is 11.3 Å². The Balaban J connectivity index is 1.36. The molecule has 0 spiro atoms. The summed E-state index contributed by atoms with van der Waals surface area (Å²) in [6, 6.07) is 8.59. The number of nitrogens with zero attached hydrogens (tertiary/aromatic N) is 6. The molecule has 9 nitrogen and oxygen atoms in total. The number of rotatable bonds is 5. The second-order valence-corrected chi connectivity index (χ2v) is 10.5. The van der Waals surface area contributed by atoms with Gasteiger partial charge in [0.15, 0.2) is 11.6 Å². The molecule has 2 saturated heterocycles. The van der Waals surface area contributed by atoms with Crippen LogP contribution in [0.4, 0.5) is 5.82 Å². The van der Waals surface area contributed by atoms with Gasteiger partial charge in [0.2, 0.25) is 5.91 Å². The van der Waals surface area contributed by atoms with Crippen LogP contribution in [0.5, 0.6) is 0 Å². The fourth-order valence-corrected chi connectivity index (χ4v) is 6.22. The SMILES string of the molecule is CC(=O)N(C)C1CCN(Cc2cc3nc(-c4cccc5[nH]ncc45)nc(N4CCOCC4)c3s2)C1. The number of fused-ring (bicyclic) bond motifs is 2. The molecule has 35 heavy (non-hydrogen) atoms. The van der Waals surface area contributed by atoms with Crippen molar-refractivity contribution in [2.24, 2.45) is 0 Å². The molecule has 4 aromatic rings. The number of ether oxygens (including phenoxy) is 1. The van der Waals surface area contributed by atoms with Gasteiger partial charge in [-0.1, -0.05) is 12.1 Å². The van der Waals surface area contributed by atoms with Gasteiger partial charge in [-0.25, -0.2) is 9.97 Å². The van der Waals surface area contributed by atoms with Crippen molar-refractivity contribution in [2.75, 3.05) is 51.3 Å². The minimum atomic E-state index is 0.129. The van der Waals surface area contributed by atoms with Crippen molar-refractivity contribution in [3.63, 3.8) is 0 Å². The summed E-state index contributed by atoms with van der Waals surface area (Å²) < 4.78 is 6.73. The van der Waals surface area contributed by atoms with Crippen LogP contribution in [0.1, 0.15) is 18.2 Å². The van der Waals surface area contributed by atoms with Gasteiger partial charge >= 0.3 is 0 Å². The zero-order valence-electron chi connectivity index (χ0n) is 20.0. The number of aromatic nitrogens is 4. The first-order chi connectivity index (χ1) is 17.1. The summed E-state index contributed by atoms with van der Waals surface area (Å²) in [5, 5.41) is 8.29. The van der Waals surface area contributed by atoms with Crippen LogP contribution in [-0.2, 0) is 16.1 Å². The summed E-state index contributed by atoms with van der Waals surface area (Å²) in [4.78, 5) is 29.8. The van der Waals surface area contributed by atoms with Gasteiger partial charge in [0, 0.05) is 68.6 Å². The molecule has 3 aromatic heterocycles. The van der Waals surface area contributed by atoms with Crippen LogP contribution in [0.2, 0.25) is 0 Å². The maximum Gasteiger partial charge on any atom is 0.219 e. The van der Waals surface area contributed by atoms with Crippen LogP contribution < -0.4 is 4.90 Å². The van der Waals surface area contributed by atoms with E-state index in [-0.39, 0.29) is 11.9 Å². The Morgan fingerprint density at radius 2 is 2.11 bits per heavy atom. The summed E-state index contributed by atoms with van der Waals surface area (Å²) >= 11 is 1.78. The zero-order valence-corrected chi connectivity index (χ0v) is 20.8. The van der Waals surface area contributed by atoms with Crippen molar-refractivity contribution in [3.05, 3.63) is 35.3 Å². The van der Waals surface area contributed by atoms with Crippen molar-refractivity contribution < 1.29 is 9.53 Å². The lowest BCUT2D eigenvalue weighted by Crippen LogP contribution is -2.37. The molecular weight excluding hydrogens is 462 g/mol.